The van der Waals surface area contributed by atoms with Crippen LogP contribution in [-0.4, -0.2) is 35.0 Å². The van der Waals surface area contributed by atoms with Crippen molar-refractivity contribution >= 4 is 17.7 Å². The number of pyridine rings is 1. The number of phenols is 1. The Morgan fingerprint density at radius 2 is 2.00 bits per heavy atom. The van der Waals surface area contributed by atoms with Crippen molar-refractivity contribution in [1.82, 2.24) is 9.88 Å². The molecular formula is C14H14N2O2S. The van der Waals surface area contributed by atoms with Crippen LogP contribution in [0.15, 0.2) is 52.4 Å². The largest absolute Gasteiger partial charge is 0.507 e. The molecule has 0 aliphatic rings. The highest BCUT2D eigenvalue weighted by Crippen LogP contribution is 2.33. The molecule has 0 bridgehead atoms. The van der Waals surface area contributed by atoms with Gasteiger partial charge in [0.05, 0.1) is 4.90 Å². The third-order valence-corrected chi connectivity index (χ3v) is 3.50. The maximum absolute atomic E-state index is 11.8. The number of nitrogens with zero attached hydrogens (tertiary/aromatic N) is 2. The summed E-state index contributed by atoms with van der Waals surface area (Å²) < 4.78 is 0. The average molecular weight is 274 g/mol. The van der Waals surface area contributed by atoms with Crippen molar-refractivity contribution in [3.8, 4) is 5.75 Å². The summed E-state index contributed by atoms with van der Waals surface area (Å²) in [6.07, 6.45) is 1.60. The number of rotatable bonds is 3. The molecule has 19 heavy (non-hydrogen) atoms. The fraction of sp³-hybridized carbons (Fsp3) is 0.143. The van der Waals surface area contributed by atoms with Crippen LogP contribution in [-0.2, 0) is 0 Å². The van der Waals surface area contributed by atoms with Crippen molar-refractivity contribution in [2.75, 3.05) is 14.1 Å². The van der Waals surface area contributed by atoms with Crippen LogP contribution in [0.25, 0.3) is 0 Å². The van der Waals surface area contributed by atoms with Crippen LogP contribution < -0.4 is 0 Å². The van der Waals surface area contributed by atoms with E-state index in [1.807, 2.05) is 18.2 Å². The van der Waals surface area contributed by atoms with Gasteiger partial charge in [0.25, 0.3) is 5.91 Å². The molecule has 2 rings (SSSR count). The molecule has 1 N–H and O–H groups in total. The second kappa shape index (κ2) is 5.75. The summed E-state index contributed by atoms with van der Waals surface area (Å²) in [6.45, 7) is 0. The summed E-state index contributed by atoms with van der Waals surface area (Å²) >= 11 is 1.40. The molecule has 1 aromatic heterocycles. The molecule has 0 radical (unpaired) electrons. The number of benzene rings is 1. The van der Waals surface area contributed by atoms with Gasteiger partial charge in [-0.3, -0.25) is 9.78 Å². The number of aromatic nitrogens is 1. The first-order valence-electron chi connectivity index (χ1n) is 5.71. The average Bonchev–Trinajstić information content (AvgIpc) is 2.41. The molecule has 1 heterocycles. The molecule has 0 spiro atoms. The monoisotopic (exact) mass is 274 g/mol. The van der Waals surface area contributed by atoms with Crippen LogP contribution in [0.3, 0.4) is 0 Å². The number of hydrogen-bond acceptors (Lipinski definition) is 4. The lowest BCUT2D eigenvalue weighted by Crippen LogP contribution is -2.22. The fourth-order valence-electron chi connectivity index (χ4n) is 1.49. The molecule has 2 aromatic rings. The molecule has 0 aliphatic carbocycles. The van der Waals surface area contributed by atoms with Crippen LogP contribution in [0, 0.1) is 0 Å². The van der Waals surface area contributed by atoms with Gasteiger partial charge in [-0.2, -0.15) is 0 Å². The van der Waals surface area contributed by atoms with Crippen molar-refractivity contribution in [2.24, 2.45) is 0 Å². The number of aromatic hydroxyl groups is 1. The van der Waals surface area contributed by atoms with Crippen LogP contribution in [0.5, 0.6) is 5.75 Å². The van der Waals surface area contributed by atoms with E-state index in [-0.39, 0.29) is 11.7 Å². The van der Waals surface area contributed by atoms with E-state index in [1.165, 1.54) is 16.7 Å². The Bertz CT molecular complexity index is 600. The highest BCUT2D eigenvalue weighted by Gasteiger charge is 2.11. The fourth-order valence-corrected chi connectivity index (χ4v) is 2.36. The van der Waals surface area contributed by atoms with Gasteiger partial charge in [-0.15, -0.1) is 0 Å². The molecule has 1 amide bonds. The van der Waals surface area contributed by atoms with Crippen LogP contribution in [0.4, 0.5) is 0 Å². The van der Waals surface area contributed by atoms with Crippen LogP contribution in [0.1, 0.15) is 10.5 Å². The minimum atomic E-state index is -0.139. The normalized spacial score (nSPS) is 10.2. The van der Waals surface area contributed by atoms with E-state index >= 15 is 0 Å². The Hall–Kier alpha value is -2.01. The molecule has 4 nitrogen and oxygen atoms in total. The molecule has 5 heteroatoms. The van der Waals surface area contributed by atoms with Crippen LogP contribution in [0.2, 0.25) is 0 Å². The Morgan fingerprint density at radius 3 is 2.68 bits per heavy atom. The first kappa shape index (κ1) is 13.4. The van der Waals surface area contributed by atoms with E-state index in [1.54, 1.807) is 38.5 Å². The van der Waals surface area contributed by atoms with Gasteiger partial charge in [-0.1, -0.05) is 23.9 Å². The van der Waals surface area contributed by atoms with Gasteiger partial charge < -0.3 is 10.0 Å². The molecule has 1 aromatic carbocycles. The second-order valence-electron chi connectivity index (χ2n) is 4.15. The van der Waals surface area contributed by atoms with Crippen molar-refractivity contribution in [3.05, 3.63) is 48.3 Å². The lowest BCUT2D eigenvalue weighted by molar-refractivity contribution is 0.0821. The van der Waals surface area contributed by atoms with Gasteiger partial charge in [-0.05, 0) is 24.3 Å². The van der Waals surface area contributed by atoms with E-state index in [0.29, 0.717) is 5.69 Å². The number of amides is 1. The van der Waals surface area contributed by atoms with Gasteiger partial charge in [-0.25, -0.2) is 0 Å². The SMILES string of the molecule is CN(C)C(=O)c1cc(Sc2ccccc2O)ccn1. The Kier molecular flexibility index (Phi) is 4.06. The van der Waals surface area contributed by atoms with E-state index in [9.17, 15) is 9.90 Å². The molecule has 0 saturated heterocycles. The minimum absolute atomic E-state index is 0.139. The number of hydrogen-bond donors (Lipinski definition) is 1. The lowest BCUT2D eigenvalue weighted by atomic mass is 10.3. The van der Waals surface area contributed by atoms with Gasteiger partial charge in [0.15, 0.2) is 0 Å². The second-order valence-corrected chi connectivity index (χ2v) is 5.26. The van der Waals surface area contributed by atoms with E-state index in [4.69, 9.17) is 0 Å². The standard InChI is InChI=1S/C14H14N2O2S/c1-16(2)14(18)11-9-10(7-8-15-11)19-13-6-4-3-5-12(13)17/h3-9,17H,1-2H3. The summed E-state index contributed by atoms with van der Waals surface area (Å²) in [5, 5.41) is 9.73. The maximum Gasteiger partial charge on any atom is 0.271 e. The zero-order valence-electron chi connectivity index (χ0n) is 10.7. The zero-order valence-corrected chi connectivity index (χ0v) is 11.5. The van der Waals surface area contributed by atoms with E-state index in [0.717, 1.165) is 9.79 Å². The Morgan fingerprint density at radius 1 is 1.26 bits per heavy atom. The molecular weight excluding hydrogens is 260 g/mol. The molecule has 0 fully saturated rings. The number of para-hydroxylation sites is 1. The molecule has 0 saturated carbocycles. The van der Waals surface area contributed by atoms with Gasteiger partial charge >= 0.3 is 0 Å². The molecule has 0 atom stereocenters. The predicted octanol–water partition coefficient (Wildman–Crippen LogP) is 2.64. The smallest absolute Gasteiger partial charge is 0.271 e. The zero-order chi connectivity index (χ0) is 13.8. The predicted molar refractivity (Wildman–Crippen MR) is 74.5 cm³/mol. The molecule has 0 unspecified atom stereocenters. The van der Waals surface area contributed by atoms with Gasteiger partial charge in [0, 0.05) is 25.2 Å². The maximum atomic E-state index is 11.8. The lowest BCUT2D eigenvalue weighted by Gasteiger charge is -2.10. The minimum Gasteiger partial charge on any atom is -0.507 e. The van der Waals surface area contributed by atoms with Gasteiger partial charge in [0.1, 0.15) is 11.4 Å². The van der Waals surface area contributed by atoms with Crippen molar-refractivity contribution < 1.29 is 9.90 Å². The van der Waals surface area contributed by atoms with Crippen molar-refractivity contribution in [3.63, 3.8) is 0 Å². The van der Waals surface area contributed by atoms with Crippen molar-refractivity contribution in [1.29, 1.82) is 0 Å². The number of carbonyl (C=O) groups is 1. The van der Waals surface area contributed by atoms with E-state index in [2.05, 4.69) is 4.98 Å². The van der Waals surface area contributed by atoms with Gasteiger partial charge in [0.2, 0.25) is 0 Å². The summed E-state index contributed by atoms with van der Waals surface area (Å²) in [7, 11) is 3.37. The number of carbonyl (C=O) groups excluding carboxylic acids is 1. The summed E-state index contributed by atoms with van der Waals surface area (Å²) in [5.74, 6) is 0.0875. The third kappa shape index (κ3) is 3.26. The Labute approximate surface area is 116 Å². The summed E-state index contributed by atoms with van der Waals surface area (Å²) in [5.41, 5.74) is 0.394. The first-order valence-corrected chi connectivity index (χ1v) is 6.53. The molecule has 98 valence electrons. The highest BCUT2D eigenvalue weighted by molar-refractivity contribution is 7.99. The van der Waals surface area contributed by atoms with Crippen molar-refractivity contribution in [2.45, 2.75) is 9.79 Å². The highest BCUT2D eigenvalue weighted by atomic mass is 32.2. The number of phenolic OH excluding ortho intramolecular Hbond substituents is 1. The third-order valence-electron chi connectivity index (χ3n) is 2.45. The van der Waals surface area contributed by atoms with Crippen LogP contribution >= 0.6 is 11.8 Å². The summed E-state index contributed by atoms with van der Waals surface area (Å²) in [6, 6.07) is 10.6. The summed E-state index contributed by atoms with van der Waals surface area (Å²) in [4.78, 5) is 19.0. The first-order chi connectivity index (χ1) is 9.08. The topological polar surface area (TPSA) is 53.4 Å². The quantitative estimate of drug-likeness (QED) is 0.935. The Balaban J connectivity index is 2.25. The van der Waals surface area contributed by atoms with E-state index < -0.39 is 0 Å². The molecule has 0 aliphatic heterocycles.